The van der Waals surface area contributed by atoms with Gasteiger partial charge < -0.3 is 15.0 Å². The lowest BCUT2D eigenvalue weighted by atomic mass is 9.84. The number of rotatable bonds is 8. The summed E-state index contributed by atoms with van der Waals surface area (Å²) in [6.07, 6.45) is 11.1. The van der Waals surface area contributed by atoms with Crippen LogP contribution in [-0.2, 0) is 11.2 Å². The molecule has 4 heterocycles. The Morgan fingerprint density at radius 3 is 2.62 bits per heavy atom. The van der Waals surface area contributed by atoms with Crippen molar-refractivity contribution in [1.82, 2.24) is 20.2 Å². The first-order valence-electron chi connectivity index (χ1n) is 14.4. The van der Waals surface area contributed by atoms with Gasteiger partial charge in [-0.2, -0.15) is 4.99 Å². The standard InChI is InChI=1S/C30H40N6O3/c1-21(2)33-29(37)22-9-11-24(12-10-22)36-26-19-28(39-17-16-35-14-6-3-7-15-35)32-20-23(26)18-27(36)34-30(38)25-8-4-5-13-31-25/h4-5,8,13,19-22,24H,3,6-7,9-12,14-18H2,1-2H3,(H,33,37). The second-order valence-electron chi connectivity index (χ2n) is 11.2. The van der Waals surface area contributed by atoms with E-state index in [4.69, 9.17) is 4.74 Å². The number of aromatic nitrogens is 2. The fourth-order valence-electron chi connectivity index (χ4n) is 5.91. The molecule has 0 atom stereocenters. The van der Waals surface area contributed by atoms with E-state index < -0.39 is 0 Å². The van der Waals surface area contributed by atoms with E-state index in [9.17, 15) is 9.59 Å². The molecule has 1 aliphatic carbocycles. The summed E-state index contributed by atoms with van der Waals surface area (Å²) in [5.41, 5.74) is 2.36. The average Bonchev–Trinajstić information content (AvgIpc) is 3.30. The molecule has 1 N–H and O–H groups in total. The summed E-state index contributed by atoms with van der Waals surface area (Å²) in [4.78, 5) is 43.6. The Balaban J connectivity index is 1.33. The Morgan fingerprint density at radius 1 is 1.10 bits per heavy atom. The van der Waals surface area contributed by atoms with Gasteiger partial charge in [0.15, 0.2) is 0 Å². The van der Waals surface area contributed by atoms with Gasteiger partial charge >= 0.3 is 0 Å². The lowest BCUT2D eigenvalue weighted by molar-refractivity contribution is -0.126. The maximum absolute atomic E-state index is 13.0. The number of fused-ring (bicyclic) bond motifs is 1. The molecule has 2 aromatic heterocycles. The van der Waals surface area contributed by atoms with Crippen molar-refractivity contribution in [3.63, 3.8) is 0 Å². The number of anilines is 1. The molecule has 3 aliphatic rings. The molecular weight excluding hydrogens is 492 g/mol. The predicted octanol–water partition coefficient (Wildman–Crippen LogP) is 4.03. The molecule has 2 aromatic rings. The van der Waals surface area contributed by atoms with Crippen molar-refractivity contribution in [2.75, 3.05) is 31.1 Å². The minimum Gasteiger partial charge on any atom is -0.476 e. The van der Waals surface area contributed by atoms with Crippen LogP contribution in [0, 0.1) is 5.92 Å². The van der Waals surface area contributed by atoms with Gasteiger partial charge in [0.05, 0.1) is 5.69 Å². The number of nitrogens with zero attached hydrogens (tertiary/aromatic N) is 5. The number of pyridine rings is 2. The van der Waals surface area contributed by atoms with Crippen LogP contribution in [0.5, 0.6) is 5.88 Å². The number of hydrogen-bond acceptors (Lipinski definition) is 6. The number of piperidine rings is 1. The number of hydrogen-bond donors (Lipinski definition) is 1. The molecule has 0 aromatic carbocycles. The highest BCUT2D eigenvalue weighted by molar-refractivity contribution is 6.12. The number of likely N-dealkylation sites (tertiary alicyclic amines) is 1. The van der Waals surface area contributed by atoms with Crippen LogP contribution in [0.3, 0.4) is 0 Å². The third kappa shape index (κ3) is 6.82. The Kier molecular flexibility index (Phi) is 8.86. The number of aliphatic imine (C=N–C) groups is 1. The highest BCUT2D eigenvalue weighted by Gasteiger charge is 2.36. The van der Waals surface area contributed by atoms with Crippen molar-refractivity contribution in [3.8, 4) is 5.88 Å². The highest BCUT2D eigenvalue weighted by Crippen LogP contribution is 2.38. The van der Waals surface area contributed by atoms with Crippen LogP contribution in [0.4, 0.5) is 5.69 Å². The van der Waals surface area contributed by atoms with Crippen LogP contribution in [-0.4, -0.2) is 70.8 Å². The first kappa shape index (κ1) is 27.2. The second-order valence-corrected chi connectivity index (χ2v) is 11.2. The van der Waals surface area contributed by atoms with E-state index in [1.807, 2.05) is 26.1 Å². The minimum atomic E-state index is -0.348. The van der Waals surface area contributed by atoms with Gasteiger partial charge in [-0.15, -0.1) is 0 Å². The van der Waals surface area contributed by atoms with Gasteiger partial charge in [0.2, 0.25) is 11.8 Å². The predicted molar refractivity (Wildman–Crippen MR) is 151 cm³/mol. The Bertz CT molecular complexity index is 1170. The maximum atomic E-state index is 13.0. The van der Waals surface area contributed by atoms with E-state index in [2.05, 4.69) is 30.1 Å². The van der Waals surface area contributed by atoms with Gasteiger partial charge in [0.25, 0.3) is 5.91 Å². The van der Waals surface area contributed by atoms with E-state index >= 15 is 0 Å². The molecular formula is C30H40N6O3. The molecule has 1 saturated heterocycles. The smallest absolute Gasteiger partial charge is 0.297 e. The third-order valence-corrected chi connectivity index (χ3v) is 7.91. The van der Waals surface area contributed by atoms with E-state index in [0.29, 0.717) is 30.4 Å². The summed E-state index contributed by atoms with van der Waals surface area (Å²) in [6.45, 7) is 7.75. The van der Waals surface area contributed by atoms with Crippen molar-refractivity contribution in [2.45, 2.75) is 77.3 Å². The molecule has 9 heteroatoms. The van der Waals surface area contributed by atoms with Gasteiger partial charge in [-0.05, 0) is 77.6 Å². The van der Waals surface area contributed by atoms with Crippen molar-refractivity contribution in [3.05, 3.63) is 47.9 Å². The number of nitrogens with one attached hydrogen (secondary N) is 1. The molecule has 5 rings (SSSR count). The van der Waals surface area contributed by atoms with E-state index in [1.165, 1.54) is 19.3 Å². The van der Waals surface area contributed by atoms with E-state index in [-0.39, 0.29) is 29.8 Å². The Labute approximate surface area is 231 Å². The summed E-state index contributed by atoms with van der Waals surface area (Å²) in [5.74, 6) is 1.12. The lowest BCUT2D eigenvalue weighted by Gasteiger charge is -2.36. The number of amides is 2. The highest BCUT2D eigenvalue weighted by atomic mass is 16.5. The SMILES string of the molecule is CC(C)NC(=O)C1CCC(N2C(=NC(=O)c3ccccn3)Cc3cnc(OCCN4CCCCC4)cc32)CC1. The van der Waals surface area contributed by atoms with Crippen molar-refractivity contribution in [2.24, 2.45) is 10.9 Å². The van der Waals surface area contributed by atoms with Crippen LogP contribution in [0.25, 0.3) is 0 Å². The molecule has 9 nitrogen and oxygen atoms in total. The van der Waals surface area contributed by atoms with Gasteiger partial charge in [0, 0.05) is 55.0 Å². The topological polar surface area (TPSA) is 100 Å². The molecule has 0 unspecified atom stereocenters. The van der Waals surface area contributed by atoms with Crippen molar-refractivity contribution >= 4 is 23.3 Å². The normalized spacial score (nSPS) is 22.6. The average molecular weight is 533 g/mol. The van der Waals surface area contributed by atoms with Crippen LogP contribution < -0.4 is 15.0 Å². The van der Waals surface area contributed by atoms with Gasteiger partial charge in [0.1, 0.15) is 18.1 Å². The van der Waals surface area contributed by atoms with Crippen molar-refractivity contribution in [1.29, 1.82) is 0 Å². The summed E-state index contributed by atoms with van der Waals surface area (Å²) in [5, 5.41) is 3.06. The molecule has 208 valence electrons. The number of carbonyl (C=O) groups excluding carboxylic acids is 2. The van der Waals surface area contributed by atoms with E-state index in [1.54, 1.807) is 24.4 Å². The quantitative estimate of drug-likeness (QED) is 0.548. The number of ether oxygens (including phenoxy) is 1. The van der Waals surface area contributed by atoms with Crippen molar-refractivity contribution < 1.29 is 14.3 Å². The first-order valence-corrected chi connectivity index (χ1v) is 14.4. The molecule has 0 bridgehead atoms. The molecule has 39 heavy (non-hydrogen) atoms. The van der Waals surface area contributed by atoms with Crippen LogP contribution >= 0.6 is 0 Å². The minimum absolute atomic E-state index is 0.0207. The maximum Gasteiger partial charge on any atom is 0.297 e. The number of carbonyl (C=O) groups is 2. The monoisotopic (exact) mass is 532 g/mol. The summed E-state index contributed by atoms with van der Waals surface area (Å²) >= 11 is 0. The Hall–Kier alpha value is -3.33. The van der Waals surface area contributed by atoms with Gasteiger partial charge in [-0.3, -0.25) is 19.5 Å². The van der Waals surface area contributed by atoms with Gasteiger partial charge in [-0.1, -0.05) is 12.5 Å². The number of amidine groups is 1. The van der Waals surface area contributed by atoms with Crippen LogP contribution in [0.15, 0.2) is 41.7 Å². The molecule has 2 amide bonds. The first-order chi connectivity index (χ1) is 19.0. The fourth-order valence-corrected chi connectivity index (χ4v) is 5.91. The zero-order valence-corrected chi connectivity index (χ0v) is 23.1. The summed E-state index contributed by atoms with van der Waals surface area (Å²) < 4.78 is 6.09. The Morgan fingerprint density at radius 2 is 1.90 bits per heavy atom. The van der Waals surface area contributed by atoms with Crippen LogP contribution in [0.2, 0.25) is 0 Å². The summed E-state index contributed by atoms with van der Waals surface area (Å²) in [6, 6.07) is 7.55. The fraction of sp³-hybridized carbons (Fsp3) is 0.567. The van der Waals surface area contributed by atoms with Crippen LogP contribution in [0.1, 0.15) is 74.8 Å². The molecule has 2 aliphatic heterocycles. The largest absolute Gasteiger partial charge is 0.476 e. The lowest BCUT2D eigenvalue weighted by Crippen LogP contribution is -2.44. The van der Waals surface area contributed by atoms with Gasteiger partial charge in [-0.25, -0.2) is 4.98 Å². The zero-order chi connectivity index (χ0) is 27.2. The zero-order valence-electron chi connectivity index (χ0n) is 23.1. The molecule has 0 radical (unpaired) electrons. The molecule has 2 fully saturated rings. The molecule has 1 saturated carbocycles. The summed E-state index contributed by atoms with van der Waals surface area (Å²) in [7, 11) is 0. The second kappa shape index (κ2) is 12.7. The third-order valence-electron chi connectivity index (χ3n) is 7.91. The molecule has 0 spiro atoms. The van der Waals surface area contributed by atoms with E-state index in [0.717, 1.165) is 56.6 Å².